The predicted molar refractivity (Wildman–Crippen MR) is 85.7 cm³/mol. The van der Waals surface area contributed by atoms with Crippen molar-refractivity contribution in [2.75, 3.05) is 13.6 Å². The van der Waals surface area contributed by atoms with Crippen molar-refractivity contribution < 1.29 is 0 Å². The maximum absolute atomic E-state index is 6.20. The van der Waals surface area contributed by atoms with Crippen LogP contribution in [0, 0.1) is 0 Å². The van der Waals surface area contributed by atoms with Crippen LogP contribution in [0.5, 0.6) is 0 Å². The first kappa shape index (κ1) is 14.4. The summed E-state index contributed by atoms with van der Waals surface area (Å²) in [6, 6.07) is 4.24. The second-order valence-corrected chi connectivity index (χ2v) is 6.39. The molecule has 0 saturated carbocycles. The summed E-state index contributed by atoms with van der Waals surface area (Å²) in [6.07, 6.45) is 2.73. The fourth-order valence-corrected chi connectivity index (χ4v) is 3.11. The second-order valence-electron chi connectivity index (χ2n) is 5.00. The van der Waals surface area contributed by atoms with Crippen molar-refractivity contribution >= 4 is 34.0 Å². The first-order chi connectivity index (χ1) is 10.1. The molecular formula is C14H16ClN5S. The van der Waals surface area contributed by atoms with Crippen LogP contribution in [-0.4, -0.2) is 38.2 Å². The summed E-state index contributed by atoms with van der Waals surface area (Å²) in [5, 5.41) is 7.53. The Bertz CT molecular complexity index is 737. The van der Waals surface area contributed by atoms with Crippen molar-refractivity contribution in [2.24, 2.45) is 7.05 Å². The maximum Gasteiger partial charge on any atom is 0.162 e. The molecule has 7 heteroatoms. The number of nitrogens with zero attached hydrogens (tertiary/aromatic N) is 5. The minimum absolute atomic E-state index is 0.467. The standard InChI is InChI=1S/C14H16ClN5S/c1-19(6-5-10-4-3-7-21-10)9-12-17-13(15)11-8-16-20(2)14(11)18-12/h3-4,7-8H,5-6,9H2,1-2H3. The third kappa shape index (κ3) is 3.23. The van der Waals surface area contributed by atoms with E-state index in [-0.39, 0.29) is 0 Å². The molecule has 5 nitrogen and oxygen atoms in total. The van der Waals surface area contributed by atoms with Crippen molar-refractivity contribution in [3.63, 3.8) is 0 Å². The molecule has 0 bridgehead atoms. The lowest BCUT2D eigenvalue weighted by molar-refractivity contribution is 0.323. The molecule has 3 aromatic rings. The number of aromatic nitrogens is 4. The van der Waals surface area contributed by atoms with E-state index in [9.17, 15) is 0 Å². The molecule has 0 amide bonds. The van der Waals surface area contributed by atoms with Gasteiger partial charge in [0, 0.05) is 18.5 Å². The van der Waals surface area contributed by atoms with Crippen LogP contribution in [-0.2, 0) is 20.0 Å². The highest BCUT2D eigenvalue weighted by Crippen LogP contribution is 2.19. The molecule has 21 heavy (non-hydrogen) atoms. The second kappa shape index (κ2) is 6.09. The molecule has 3 heterocycles. The Hall–Kier alpha value is -1.50. The molecule has 0 saturated heterocycles. The van der Waals surface area contributed by atoms with Crippen molar-refractivity contribution in [3.8, 4) is 0 Å². The van der Waals surface area contributed by atoms with Gasteiger partial charge in [-0.1, -0.05) is 17.7 Å². The van der Waals surface area contributed by atoms with E-state index in [1.165, 1.54) is 4.88 Å². The maximum atomic E-state index is 6.20. The Kier molecular flexibility index (Phi) is 4.19. The Morgan fingerprint density at radius 2 is 2.24 bits per heavy atom. The lowest BCUT2D eigenvalue weighted by Crippen LogP contribution is -2.22. The van der Waals surface area contributed by atoms with Crippen LogP contribution in [0.2, 0.25) is 5.15 Å². The van der Waals surface area contributed by atoms with Crippen molar-refractivity contribution in [1.82, 2.24) is 24.6 Å². The first-order valence-electron chi connectivity index (χ1n) is 6.68. The van der Waals surface area contributed by atoms with Crippen molar-refractivity contribution in [2.45, 2.75) is 13.0 Å². The Morgan fingerprint density at radius 3 is 3.00 bits per heavy atom. The summed E-state index contributed by atoms with van der Waals surface area (Å²) >= 11 is 7.98. The topological polar surface area (TPSA) is 46.8 Å². The molecule has 0 aliphatic heterocycles. The third-order valence-corrected chi connectivity index (χ3v) is 4.55. The van der Waals surface area contributed by atoms with Gasteiger partial charge < -0.3 is 0 Å². The van der Waals surface area contributed by atoms with Gasteiger partial charge in [0.1, 0.15) is 11.0 Å². The SMILES string of the molecule is CN(CCc1cccs1)Cc1nc(Cl)c2cnn(C)c2n1. The van der Waals surface area contributed by atoms with Gasteiger partial charge >= 0.3 is 0 Å². The van der Waals surface area contributed by atoms with E-state index < -0.39 is 0 Å². The smallest absolute Gasteiger partial charge is 0.162 e. The van der Waals surface area contributed by atoms with E-state index in [1.807, 2.05) is 7.05 Å². The molecule has 0 unspecified atom stereocenters. The molecule has 0 aliphatic rings. The van der Waals surface area contributed by atoms with Crippen molar-refractivity contribution in [1.29, 1.82) is 0 Å². The molecule has 0 N–H and O–H groups in total. The summed E-state index contributed by atoms with van der Waals surface area (Å²) < 4.78 is 1.72. The van der Waals surface area contributed by atoms with E-state index >= 15 is 0 Å². The highest BCUT2D eigenvalue weighted by molar-refractivity contribution is 7.09. The van der Waals surface area contributed by atoms with Crippen LogP contribution in [0.15, 0.2) is 23.7 Å². The fourth-order valence-electron chi connectivity index (χ4n) is 2.18. The Balaban J connectivity index is 1.70. The Morgan fingerprint density at radius 1 is 1.38 bits per heavy atom. The lowest BCUT2D eigenvalue weighted by atomic mass is 10.3. The molecule has 0 aromatic carbocycles. The number of likely N-dealkylation sites (N-methyl/N-ethyl adjacent to an activating group) is 1. The summed E-state index contributed by atoms with van der Waals surface area (Å²) in [5.41, 5.74) is 0.775. The largest absolute Gasteiger partial charge is 0.299 e. The lowest BCUT2D eigenvalue weighted by Gasteiger charge is -2.15. The first-order valence-corrected chi connectivity index (χ1v) is 7.94. The van der Waals surface area contributed by atoms with E-state index in [2.05, 4.69) is 44.5 Å². The van der Waals surface area contributed by atoms with Gasteiger partial charge in [-0.2, -0.15) is 5.10 Å². The molecular weight excluding hydrogens is 306 g/mol. The molecule has 0 spiro atoms. The van der Waals surface area contributed by atoms with Gasteiger partial charge in [-0.15, -0.1) is 11.3 Å². The summed E-state index contributed by atoms with van der Waals surface area (Å²) in [7, 11) is 3.92. The van der Waals surface area contributed by atoms with E-state index in [1.54, 1.807) is 22.2 Å². The van der Waals surface area contributed by atoms with Crippen molar-refractivity contribution in [3.05, 3.63) is 39.6 Å². The number of thiophene rings is 1. The number of fused-ring (bicyclic) bond motifs is 1. The number of hydrogen-bond donors (Lipinski definition) is 0. The van der Waals surface area contributed by atoms with Gasteiger partial charge in [0.2, 0.25) is 0 Å². The summed E-state index contributed by atoms with van der Waals surface area (Å²) in [5.74, 6) is 0.727. The van der Waals surface area contributed by atoms with Gasteiger partial charge in [0.25, 0.3) is 0 Å². The minimum Gasteiger partial charge on any atom is -0.299 e. The van der Waals surface area contributed by atoms with Gasteiger partial charge in [-0.3, -0.25) is 9.58 Å². The number of aryl methyl sites for hydroxylation is 1. The third-order valence-electron chi connectivity index (χ3n) is 3.32. The monoisotopic (exact) mass is 321 g/mol. The van der Waals surface area contributed by atoms with E-state index in [0.29, 0.717) is 11.7 Å². The zero-order valence-electron chi connectivity index (χ0n) is 12.0. The number of halogens is 1. The average Bonchev–Trinajstić information content (AvgIpc) is 3.07. The van der Waals surface area contributed by atoms with Crippen LogP contribution in [0.25, 0.3) is 11.0 Å². The normalized spacial score (nSPS) is 11.6. The fraction of sp³-hybridized carbons (Fsp3) is 0.357. The molecule has 0 fully saturated rings. The molecule has 3 aromatic heterocycles. The van der Waals surface area contributed by atoms with Gasteiger partial charge in [-0.05, 0) is 24.9 Å². The van der Waals surface area contributed by atoms with Gasteiger partial charge in [0.05, 0.1) is 18.1 Å². The molecule has 0 atom stereocenters. The van der Waals surface area contributed by atoms with Crippen LogP contribution in [0.4, 0.5) is 0 Å². The molecule has 110 valence electrons. The molecule has 0 aliphatic carbocycles. The van der Waals surface area contributed by atoms with Gasteiger partial charge in [0.15, 0.2) is 5.65 Å². The zero-order valence-corrected chi connectivity index (χ0v) is 13.5. The van der Waals surface area contributed by atoms with E-state index in [0.717, 1.165) is 29.8 Å². The number of hydrogen-bond acceptors (Lipinski definition) is 5. The summed E-state index contributed by atoms with van der Waals surface area (Å²) in [6.45, 7) is 1.64. The van der Waals surface area contributed by atoms with Crippen LogP contribution < -0.4 is 0 Å². The Labute approximate surface area is 132 Å². The molecule has 0 radical (unpaired) electrons. The number of rotatable bonds is 5. The minimum atomic E-state index is 0.467. The van der Waals surface area contributed by atoms with Crippen LogP contribution >= 0.6 is 22.9 Å². The predicted octanol–water partition coefficient (Wildman–Crippen LogP) is 2.75. The highest BCUT2D eigenvalue weighted by Gasteiger charge is 2.11. The zero-order chi connectivity index (χ0) is 14.8. The molecule has 3 rings (SSSR count). The average molecular weight is 322 g/mol. The van der Waals surface area contributed by atoms with E-state index in [4.69, 9.17) is 11.6 Å². The van der Waals surface area contributed by atoms with Crippen LogP contribution in [0.1, 0.15) is 10.7 Å². The quantitative estimate of drug-likeness (QED) is 0.678. The van der Waals surface area contributed by atoms with Gasteiger partial charge in [-0.25, -0.2) is 9.97 Å². The highest BCUT2D eigenvalue weighted by atomic mass is 35.5. The van der Waals surface area contributed by atoms with Crippen LogP contribution in [0.3, 0.4) is 0 Å². The summed E-state index contributed by atoms with van der Waals surface area (Å²) in [4.78, 5) is 12.5.